The normalized spacial score (nSPS) is 11.1. The van der Waals surface area contributed by atoms with Gasteiger partial charge in [0.1, 0.15) is 18.1 Å². The third-order valence-corrected chi connectivity index (χ3v) is 6.30. The van der Waals surface area contributed by atoms with Gasteiger partial charge in [-0.1, -0.05) is 30.3 Å². The molecule has 0 amide bonds. The third-order valence-electron chi connectivity index (χ3n) is 4.26. The van der Waals surface area contributed by atoms with E-state index in [1.807, 2.05) is 49.5 Å². The lowest BCUT2D eigenvalue weighted by Crippen LogP contribution is -2.13. The Labute approximate surface area is 182 Å². The van der Waals surface area contributed by atoms with E-state index in [0.717, 1.165) is 22.7 Å². The number of aromatic nitrogens is 4. The molecule has 0 aliphatic carbocycles. The van der Waals surface area contributed by atoms with E-state index < -0.39 is 10.0 Å². The van der Waals surface area contributed by atoms with Crippen LogP contribution in [-0.4, -0.2) is 27.6 Å². The number of ether oxygens (including phenoxy) is 1. The average Bonchev–Trinajstić information content (AvgIpc) is 3.38. The summed E-state index contributed by atoms with van der Waals surface area (Å²) >= 11 is 0.912. The second kappa shape index (κ2) is 8.55. The highest BCUT2D eigenvalue weighted by atomic mass is 32.2. The lowest BCUT2D eigenvalue weighted by Gasteiger charge is -2.09. The minimum Gasteiger partial charge on any atom is -0.436 e. The van der Waals surface area contributed by atoms with Crippen molar-refractivity contribution in [2.24, 2.45) is 0 Å². The highest BCUT2D eigenvalue weighted by Crippen LogP contribution is 2.29. The van der Waals surface area contributed by atoms with Crippen molar-refractivity contribution in [2.75, 3.05) is 4.72 Å². The molecule has 31 heavy (non-hydrogen) atoms. The fourth-order valence-electron chi connectivity index (χ4n) is 2.80. The van der Waals surface area contributed by atoms with Gasteiger partial charge in [-0.3, -0.25) is 9.40 Å². The summed E-state index contributed by atoms with van der Waals surface area (Å²) < 4.78 is 38.7. The molecule has 0 fully saturated rings. The molecule has 2 aromatic carbocycles. The number of nitriles is 1. The molecule has 4 aromatic rings. The van der Waals surface area contributed by atoms with Crippen molar-refractivity contribution in [1.82, 2.24) is 19.1 Å². The third kappa shape index (κ3) is 4.71. The first-order chi connectivity index (χ1) is 14.9. The number of aryl methyl sites for hydroxylation is 1. The molecule has 156 valence electrons. The van der Waals surface area contributed by atoms with Gasteiger partial charge in [-0.2, -0.15) is 9.64 Å². The van der Waals surface area contributed by atoms with Crippen LogP contribution in [0.25, 0.3) is 0 Å². The van der Waals surface area contributed by atoms with Crippen molar-refractivity contribution in [1.29, 1.82) is 5.26 Å². The van der Waals surface area contributed by atoms with Crippen molar-refractivity contribution >= 4 is 26.7 Å². The van der Waals surface area contributed by atoms with E-state index in [0.29, 0.717) is 12.4 Å². The van der Waals surface area contributed by atoms with Crippen molar-refractivity contribution < 1.29 is 13.2 Å². The molecule has 0 atom stereocenters. The zero-order valence-electron chi connectivity index (χ0n) is 16.3. The Morgan fingerprint density at radius 3 is 2.74 bits per heavy atom. The second-order valence-electron chi connectivity index (χ2n) is 6.52. The van der Waals surface area contributed by atoms with E-state index in [9.17, 15) is 13.7 Å². The average molecular weight is 453 g/mol. The molecule has 0 spiro atoms. The summed E-state index contributed by atoms with van der Waals surface area (Å²) in [5.41, 5.74) is 1.94. The predicted octanol–water partition coefficient (Wildman–Crippen LogP) is 3.56. The van der Waals surface area contributed by atoms with Gasteiger partial charge < -0.3 is 4.74 Å². The van der Waals surface area contributed by atoms with Crippen LogP contribution in [0.4, 0.5) is 5.13 Å². The fraction of sp³-hybridized carbons (Fsp3) is 0.100. The van der Waals surface area contributed by atoms with Gasteiger partial charge >= 0.3 is 0 Å². The Bertz CT molecular complexity index is 1340. The van der Waals surface area contributed by atoms with Crippen molar-refractivity contribution in [3.8, 4) is 17.7 Å². The number of benzene rings is 2. The van der Waals surface area contributed by atoms with Gasteiger partial charge in [0.05, 0.1) is 17.0 Å². The van der Waals surface area contributed by atoms with Crippen LogP contribution in [0.1, 0.15) is 16.7 Å². The van der Waals surface area contributed by atoms with Gasteiger partial charge in [0, 0.05) is 23.3 Å². The van der Waals surface area contributed by atoms with E-state index in [4.69, 9.17) is 4.74 Å². The molecular weight excluding hydrogens is 436 g/mol. The van der Waals surface area contributed by atoms with Crippen LogP contribution in [0, 0.1) is 18.3 Å². The molecule has 0 saturated carbocycles. The van der Waals surface area contributed by atoms with Gasteiger partial charge in [-0.05, 0) is 30.7 Å². The highest BCUT2D eigenvalue weighted by molar-refractivity contribution is 7.93. The molecule has 9 nitrogen and oxygen atoms in total. The van der Waals surface area contributed by atoms with Crippen LogP contribution in [0.3, 0.4) is 0 Å². The van der Waals surface area contributed by atoms with Crippen molar-refractivity contribution in [3.05, 3.63) is 77.7 Å². The van der Waals surface area contributed by atoms with Crippen molar-refractivity contribution in [2.45, 2.75) is 18.4 Å². The summed E-state index contributed by atoms with van der Waals surface area (Å²) in [5.74, 6) is 0.556. The summed E-state index contributed by atoms with van der Waals surface area (Å²) in [7, 11) is -3.91. The molecule has 0 saturated heterocycles. The first-order valence-electron chi connectivity index (χ1n) is 9.04. The van der Waals surface area contributed by atoms with E-state index in [2.05, 4.69) is 19.2 Å². The number of hydrogen-bond donors (Lipinski definition) is 1. The number of nitrogens with one attached hydrogen (secondary N) is 1. The van der Waals surface area contributed by atoms with E-state index in [-0.39, 0.29) is 21.3 Å². The second-order valence-corrected chi connectivity index (χ2v) is 8.99. The Morgan fingerprint density at radius 2 is 2.03 bits per heavy atom. The largest absolute Gasteiger partial charge is 0.436 e. The minimum atomic E-state index is -3.91. The number of nitrogens with zero attached hydrogens (tertiary/aromatic N) is 5. The molecule has 2 heterocycles. The van der Waals surface area contributed by atoms with E-state index in [1.165, 1.54) is 24.5 Å². The molecule has 1 N–H and O–H groups in total. The molecule has 11 heteroatoms. The molecule has 2 aromatic heterocycles. The summed E-state index contributed by atoms with van der Waals surface area (Å²) in [4.78, 5) is 3.72. The van der Waals surface area contributed by atoms with Crippen LogP contribution in [0.2, 0.25) is 0 Å². The predicted molar refractivity (Wildman–Crippen MR) is 114 cm³/mol. The Balaban J connectivity index is 1.56. The van der Waals surface area contributed by atoms with Gasteiger partial charge in [0.25, 0.3) is 10.0 Å². The zero-order chi connectivity index (χ0) is 21.8. The van der Waals surface area contributed by atoms with Gasteiger partial charge in [-0.25, -0.2) is 13.4 Å². The summed E-state index contributed by atoms with van der Waals surface area (Å²) in [6.07, 6.45) is 3.10. The lowest BCUT2D eigenvalue weighted by molar-refractivity contribution is 0.446. The number of anilines is 1. The quantitative estimate of drug-likeness (QED) is 0.455. The molecule has 4 rings (SSSR count). The Hall–Kier alpha value is -3.75. The highest BCUT2D eigenvalue weighted by Gasteiger charge is 2.19. The van der Waals surface area contributed by atoms with Crippen LogP contribution < -0.4 is 9.46 Å². The van der Waals surface area contributed by atoms with Crippen LogP contribution in [-0.2, 0) is 16.6 Å². The number of rotatable bonds is 7. The van der Waals surface area contributed by atoms with Gasteiger partial charge in [0.2, 0.25) is 11.0 Å². The van der Waals surface area contributed by atoms with Crippen LogP contribution >= 0.6 is 11.5 Å². The smallest absolute Gasteiger partial charge is 0.263 e. The molecule has 0 radical (unpaired) electrons. The monoisotopic (exact) mass is 452 g/mol. The topological polar surface area (TPSA) is 123 Å². The first kappa shape index (κ1) is 20.5. The van der Waals surface area contributed by atoms with E-state index >= 15 is 0 Å². The lowest BCUT2D eigenvalue weighted by atomic mass is 10.2. The van der Waals surface area contributed by atoms with Crippen LogP contribution in [0.15, 0.2) is 66.0 Å². The minimum absolute atomic E-state index is 0.0668. The standard InChI is InChI=1S/C20H16N6O3S2/c1-14-11-26(12-15-5-3-2-4-6-15)24-19(14)29-18-8-7-17(9-16(18)10-21)31(27,28)25-20-22-13-23-30-20/h2-9,11,13H,12H2,1H3,(H,22,23,25). The molecule has 0 aliphatic rings. The first-order valence-corrected chi connectivity index (χ1v) is 11.3. The van der Waals surface area contributed by atoms with E-state index in [1.54, 1.807) is 4.68 Å². The molecule has 0 bridgehead atoms. The SMILES string of the molecule is Cc1cn(Cc2ccccc2)nc1Oc1ccc(S(=O)(=O)Nc2ncns2)cc1C#N. The van der Waals surface area contributed by atoms with Gasteiger partial charge in [0.15, 0.2) is 0 Å². The summed E-state index contributed by atoms with van der Waals surface area (Å²) in [6, 6.07) is 15.9. The zero-order valence-corrected chi connectivity index (χ0v) is 17.9. The van der Waals surface area contributed by atoms with Gasteiger partial charge in [-0.15, -0.1) is 5.10 Å². The number of sulfonamides is 1. The maximum atomic E-state index is 12.5. The van der Waals surface area contributed by atoms with Crippen LogP contribution in [0.5, 0.6) is 11.6 Å². The Morgan fingerprint density at radius 1 is 1.23 bits per heavy atom. The fourth-order valence-corrected chi connectivity index (χ4v) is 4.49. The van der Waals surface area contributed by atoms with Crippen molar-refractivity contribution in [3.63, 3.8) is 0 Å². The summed E-state index contributed by atoms with van der Waals surface area (Å²) in [6.45, 7) is 2.42. The molecule has 0 aliphatic heterocycles. The maximum absolute atomic E-state index is 12.5. The number of hydrogen-bond acceptors (Lipinski definition) is 8. The maximum Gasteiger partial charge on any atom is 0.263 e. The summed E-state index contributed by atoms with van der Waals surface area (Å²) in [5, 5.41) is 14.1. The molecule has 0 unspecified atom stereocenters. The Kier molecular flexibility index (Phi) is 5.66. The molecular formula is C20H16N6O3S2.